The summed E-state index contributed by atoms with van der Waals surface area (Å²) in [6.45, 7) is 7.29. The third-order valence-corrected chi connectivity index (χ3v) is 4.62. The predicted molar refractivity (Wildman–Crippen MR) is 79.7 cm³/mol. The van der Waals surface area contributed by atoms with Gasteiger partial charge in [0.25, 0.3) is 0 Å². The van der Waals surface area contributed by atoms with Crippen LogP contribution in [0, 0.1) is 5.41 Å². The van der Waals surface area contributed by atoms with Gasteiger partial charge in [-0.2, -0.15) is 0 Å². The second-order valence-corrected chi connectivity index (χ2v) is 6.87. The maximum Gasteiger partial charge on any atom is 0.162 e. The molecule has 1 aromatic heterocycles. The fourth-order valence-electron chi connectivity index (χ4n) is 2.64. The molecule has 5 heteroatoms. The highest BCUT2D eigenvalue weighted by molar-refractivity contribution is 9.10. The van der Waals surface area contributed by atoms with Crippen LogP contribution in [-0.4, -0.2) is 16.6 Å². The second kappa shape index (κ2) is 5.37. The summed E-state index contributed by atoms with van der Waals surface area (Å²) in [7, 11) is 0. The van der Waals surface area contributed by atoms with Gasteiger partial charge in [0.15, 0.2) is 5.82 Å². The Morgan fingerprint density at radius 3 is 2.47 bits per heavy atom. The second-order valence-electron chi connectivity index (χ2n) is 6.02. The van der Waals surface area contributed by atoms with Crippen LogP contribution in [0.4, 0.5) is 5.82 Å². The number of aromatic nitrogens is 2. The van der Waals surface area contributed by atoms with Gasteiger partial charge < -0.3 is 10.5 Å². The molecule has 0 radical (unpaired) electrons. The highest BCUT2D eigenvalue weighted by Crippen LogP contribution is 2.46. The van der Waals surface area contributed by atoms with Crippen molar-refractivity contribution in [3.8, 4) is 0 Å². The average molecular weight is 328 g/mol. The van der Waals surface area contributed by atoms with Crippen LogP contribution in [0.25, 0.3) is 0 Å². The van der Waals surface area contributed by atoms with Crippen molar-refractivity contribution in [1.82, 2.24) is 9.97 Å². The fraction of sp³-hybridized carbons (Fsp3) is 0.714. The van der Waals surface area contributed by atoms with E-state index >= 15 is 0 Å². The summed E-state index contributed by atoms with van der Waals surface area (Å²) >= 11 is 3.34. The molecule has 4 nitrogen and oxygen atoms in total. The third-order valence-electron chi connectivity index (χ3n) is 4.01. The predicted octanol–water partition coefficient (Wildman–Crippen LogP) is 3.65. The van der Waals surface area contributed by atoms with Crippen LogP contribution in [0.3, 0.4) is 0 Å². The Balaban J connectivity index is 2.31. The van der Waals surface area contributed by atoms with Crippen molar-refractivity contribution in [3.63, 3.8) is 0 Å². The minimum absolute atomic E-state index is 0.362. The molecule has 1 saturated carbocycles. The number of anilines is 1. The Kier molecular flexibility index (Phi) is 4.16. The van der Waals surface area contributed by atoms with Gasteiger partial charge in [-0.25, -0.2) is 9.97 Å². The molecular formula is C14H22BrN3O. The molecular weight excluding hydrogens is 306 g/mol. The summed E-state index contributed by atoms with van der Waals surface area (Å²) in [5.74, 6) is 1.21. The summed E-state index contributed by atoms with van der Waals surface area (Å²) in [5, 5.41) is 0. The largest absolute Gasteiger partial charge is 0.383 e. The summed E-state index contributed by atoms with van der Waals surface area (Å²) in [6, 6.07) is 0. The molecule has 1 heterocycles. The van der Waals surface area contributed by atoms with E-state index in [1.165, 1.54) is 0 Å². The van der Waals surface area contributed by atoms with Crippen molar-refractivity contribution < 1.29 is 4.74 Å². The zero-order chi connectivity index (χ0) is 14.1. The van der Waals surface area contributed by atoms with E-state index in [1.807, 2.05) is 6.92 Å². The Hall–Kier alpha value is -0.680. The number of halogens is 1. The van der Waals surface area contributed by atoms with Gasteiger partial charge in [0, 0.05) is 12.8 Å². The first-order valence-electron chi connectivity index (χ1n) is 6.81. The smallest absolute Gasteiger partial charge is 0.162 e. The van der Waals surface area contributed by atoms with Crippen molar-refractivity contribution in [3.05, 3.63) is 16.5 Å². The van der Waals surface area contributed by atoms with Gasteiger partial charge in [-0.05, 0) is 54.0 Å². The molecule has 0 aliphatic heterocycles. The van der Waals surface area contributed by atoms with E-state index in [1.54, 1.807) is 6.20 Å². The lowest BCUT2D eigenvalue weighted by atomic mass is 9.70. The summed E-state index contributed by atoms with van der Waals surface area (Å²) in [6.07, 6.45) is 5.86. The zero-order valence-electron chi connectivity index (χ0n) is 11.9. The molecule has 0 bridgehead atoms. The van der Waals surface area contributed by atoms with Gasteiger partial charge in [-0.3, -0.25) is 0 Å². The van der Waals surface area contributed by atoms with Crippen LogP contribution in [0.15, 0.2) is 10.7 Å². The number of nitrogens with two attached hydrogens (primary N) is 1. The highest BCUT2D eigenvalue weighted by atomic mass is 79.9. The average Bonchev–Trinajstić information content (AvgIpc) is 2.36. The Labute approximate surface area is 123 Å². The van der Waals surface area contributed by atoms with Crippen LogP contribution in [0.2, 0.25) is 0 Å². The van der Waals surface area contributed by atoms with Gasteiger partial charge in [-0.15, -0.1) is 0 Å². The van der Waals surface area contributed by atoms with Gasteiger partial charge in [0.05, 0.1) is 4.47 Å². The molecule has 106 valence electrons. The van der Waals surface area contributed by atoms with E-state index < -0.39 is 0 Å². The first kappa shape index (κ1) is 14.7. The first-order valence-corrected chi connectivity index (χ1v) is 7.60. The number of nitrogens with zero attached hydrogens (tertiary/aromatic N) is 2. The van der Waals surface area contributed by atoms with Crippen molar-refractivity contribution in [2.45, 2.75) is 52.1 Å². The zero-order valence-corrected chi connectivity index (χ0v) is 13.5. The number of hydrogen-bond acceptors (Lipinski definition) is 4. The maximum absolute atomic E-state index is 6.05. The lowest BCUT2D eigenvalue weighted by Crippen LogP contribution is -2.39. The van der Waals surface area contributed by atoms with Gasteiger partial charge >= 0.3 is 0 Å². The third kappa shape index (κ3) is 3.08. The monoisotopic (exact) mass is 327 g/mol. The highest BCUT2D eigenvalue weighted by Gasteiger charge is 2.42. The van der Waals surface area contributed by atoms with Gasteiger partial charge in [0.2, 0.25) is 0 Å². The molecule has 1 aliphatic rings. The van der Waals surface area contributed by atoms with Gasteiger partial charge in [-0.1, -0.05) is 13.8 Å². The number of hydrogen-bond donors (Lipinski definition) is 1. The molecule has 0 spiro atoms. The molecule has 2 N–H and O–H groups in total. The molecule has 1 fully saturated rings. The molecule has 0 amide bonds. The van der Waals surface area contributed by atoms with E-state index in [-0.39, 0.29) is 5.60 Å². The van der Waals surface area contributed by atoms with Crippen molar-refractivity contribution in [2.24, 2.45) is 5.41 Å². The topological polar surface area (TPSA) is 61.0 Å². The SMILES string of the molecule is CCOC1(c2ncc(Br)c(N)n2)CCC(C)(C)CC1. The van der Waals surface area contributed by atoms with E-state index in [0.717, 1.165) is 36.0 Å². The van der Waals surface area contributed by atoms with Crippen LogP contribution in [-0.2, 0) is 10.3 Å². The van der Waals surface area contributed by atoms with Crippen LogP contribution in [0.5, 0.6) is 0 Å². The van der Waals surface area contributed by atoms with E-state index in [2.05, 4.69) is 39.7 Å². The molecule has 0 unspecified atom stereocenters. The molecule has 2 rings (SSSR count). The van der Waals surface area contributed by atoms with Gasteiger partial charge in [0.1, 0.15) is 11.4 Å². The summed E-state index contributed by atoms with van der Waals surface area (Å²) < 4.78 is 6.78. The first-order chi connectivity index (χ1) is 8.88. The summed E-state index contributed by atoms with van der Waals surface area (Å²) in [5.41, 5.74) is 5.90. The van der Waals surface area contributed by atoms with E-state index in [0.29, 0.717) is 17.8 Å². The lowest BCUT2D eigenvalue weighted by Gasteiger charge is -2.42. The standard InChI is InChI=1S/C14H22BrN3O/c1-4-19-14(7-5-13(2,3)6-8-14)12-17-9-10(15)11(16)18-12/h9H,4-8H2,1-3H3,(H2,16,17,18). The van der Waals surface area contributed by atoms with Crippen molar-refractivity contribution >= 4 is 21.7 Å². The molecule has 1 aliphatic carbocycles. The number of rotatable bonds is 3. The molecule has 19 heavy (non-hydrogen) atoms. The quantitative estimate of drug-likeness (QED) is 0.920. The number of ether oxygens (including phenoxy) is 1. The van der Waals surface area contributed by atoms with Crippen LogP contribution < -0.4 is 5.73 Å². The molecule has 0 saturated heterocycles. The van der Waals surface area contributed by atoms with E-state index in [9.17, 15) is 0 Å². The van der Waals surface area contributed by atoms with Crippen molar-refractivity contribution in [1.29, 1.82) is 0 Å². The molecule has 0 atom stereocenters. The Morgan fingerprint density at radius 2 is 1.95 bits per heavy atom. The lowest BCUT2D eigenvalue weighted by molar-refractivity contribution is -0.0947. The van der Waals surface area contributed by atoms with Crippen LogP contribution in [0.1, 0.15) is 52.3 Å². The fourth-order valence-corrected chi connectivity index (χ4v) is 2.83. The number of nitrogen functional groups attached to an aromatic ring is 1. The Morgan fingerprint density at radius 1 is 1.32 bits per heavy atom. The normalized spacial score (nSPS) is 21.3. The summed E-state index contributed by atoms with van der Waals surface area (Å²) in [4.78, 5) is 8.87. The van der Waals surface area contributed by atoms with Crippen LogP contribution >= 0.6 is 15.9 Å². The molecule has 0 aromatic carbocycles. The Bertz CT molecular complexity index is 452. The van der Waals surface area contributed by atoms with Crippen molar-refractivity contribution in [2.75, 3.05) is 12.3 Å². The minimum atomic E-state index is -0.362. The maximum atomic E-state index is 6.05. The molecule has 1 aromatic rings. The van der Waals surface area contributed by atoms with E-state index in [4.69, 9.17) is 10.5 Å². The minimum Gasteiger partial charge on any atom is -0.383 e.